The smallest absolute Gasteiger partial charge is 0.0713 e. The Morgan fingerprint density at radius 1 is 0.367 bits per heavy atom. The molecule has 0 bridgehead atoms. The van der Waals surface area contributed by atoms with Crippen molar-refractivity contribution in [1.29, 1.82) is 0 Å². The van der Waals surface area contributed by atoms with Crippen LogP contribution in [-0.2, 0) is 5.41 Å². The maximum atomic E-state index is 2.54. The predicted octanol–water partition coefficient (Wildman–Crippen LogP) is 20.8. The molecular formula is C77H58N2. The van der Waals surface area contributed by atoms with Crippen LogP contribution in [-0.4, -0.2) is 4.57 Å². The molecule has 1 heterocycles. The fraction of sp³-hybridized carbons (Fsp3) is 0.0909. The summed E-state index contributed by atoms with van der Waals surface area (Å²) < 4.78 is 2.44. The fourth-order valence-electron chi connectivity index (χ4n) is 14.1. The van der Waals surface area contributed by atoms with Crippen molar-refractivity contribution in [1.82, 2.24) is 4.57 Å². The molecule has 13 aromatic rings. The van der Waals surface area contributed by atoms with E-state index in [0.29, 0.717) is 5.92 Å². The molecule has 0 spiro atoms. The molecule has 0 radical (unpaired) electrons. The van der Waals surface area contributed by atoms with E-state index in [-0.39, 0.29) is 0 Å². The summed E-state index contributed by atoms with van der Waals surface area (Å²) in [4.78, 5) is 2.54. The van der Waals surface area contributed by atoms with E-state index in [1.807, 2.05) is 0 Å². The molecule has 376 valence electrons. The Morgan fingerprint density at radius 3 is 1.66 bits per heavy atom. The molecule has 0 amide bonds. The average molecular weight is 1010 g/mol. The summed E-state index contributed by atoms with van der Waals surface area (Å²) >= 11 is 0. The zero-order valence-corrected chi connectivity index (χ0v) is 44.1. The normalized spacial score (nSPS) is 13.9. The van der Waals surface area contributed by atoms with E-state index in [2.05, 4.69) is 295 Å². The first-order valence-corrected chi connectivity index (χ1v) is 28.3. The highest BCUT2D eigenvalue weighted by molar-refractivity contribution is 6.14. The molecule has 12 aromatic carbocycles. The molecular weight excluding hydrogens is 953 g/mol. The van der Waals surface area contributed by atoms with Crippen LogP contribution in [0.5, 0.6) is 0 Å². The van der Waals surface area contributed by atoms with Crippen LogP contribution in [0.1, 0.15) is 65.8 Å². The van der Waals surface area contributed by atoms with Crippen LogP contribution in [0.3, 0.4) is 0 Å². The molecule has 1 saturated carbocycles. The topological polar surface area (TPSA) is 8.17 Å². The van der Waals surface area contributed by atoms with Crippen LogP contribution in [0.15, 0.2) is 285 Å². The third kappa shape index (κ3) is 7.61. The first kappa shape index (κ1) is 46.8. The van der Waals surface area contributed by atoms with Crippen LogP contribution in [0.2, 0.25) is 0 Å². The van der Waals surface area contributed by atoms with E-state index in [4.69, 9.17) is 0 Å². The van der Waals surface area contributed by atoms with Crippen LogP contribution < -0.4 is 4.90 Å². The maximum Gasteiger partial charge on any atom is 0.0713 e. The van der Waals surface area contributed by atoms with Gasteiger partial charge in [0.2, 0.25) is 0 Å². The van der Waals surface area contributed by atoms with Gasteiger partial charge in [0, 0.05) is 38.8 Å². The Morgan fingerprint density at radius 2 is 0.911 bits per heavy atom. The standard InChI is InChI=1S/C77H58N2/c1-5-24-53(25-6-1)62-38-21-26-55-27-22-40-68(75(55)62)66-36-15-19-44-73(66)78(60-49-46-54(47-50-60)63-39-23-41-69-67-37-16-20-45-74(67)79(76(63)69)59-32-11-4-12-33-59)72-43-18-14-34-61(72)56-48-51-65-64-35-13-17-42-70(64)77(71(65)52-56,57-28-7-2-8-29-57)58-30-9-3-10-31-58/h2-4,7-23,26-53H,1,5-6,24-25H2. The molecule has 0 atom stereocenters. The summed E-state index contributed by atoms with van der Waals surface area (Å²) in [6.07, 6.45) is 6.38. The molecule has 0 unspecified atom stereocenters. The van der Waals surface area contributed by atoms with Crippen molar-refractivity contribution < 1.29 is 0 Å². The molecule has 2 heteroatoms. The van der Waals surface area contributed by atoms with Crippen LogP contribution in [0.4, 0.5) is 17.1 Å². The minimum atomic E-state index is -0.527. The lowest BCUT2D eigenvalue weighted by Gasteiger charge is -2.34. The van der Waals surface area contributed by atoms with Gasteiger partial charge in [-0.25, -0.2) is 0 Å². The Balaban J connectivity index is 0.954. The zero-order chi connectivity index (χ0) is 52.3. The van der Waals surface area contributed by atoms with Gasteiger partial charge < -0.3 is 9.47 Å². The predicted molar refractivity (Wildman–Crippen MR) is 332 cm³/mol. The monoisotopic (exact) mass is 1010 g/mol. The Hall–Kier alpha value is -9.50. The number of fused-ring (bicyclic) bond motifs is 7. The summed E-state index contributed by atoms with van der Waals surface area (Å²) in [6, 6.07) is 107. The fourth-order valence-corrected chi connectivity index (χ4v) is 14.1. The molecule has 0 saturated heterocycles. The van der Waals surface area contributed by atoms with Gasteiger partial charge in [-0.2, -0.15) is 0 Å². The maximum absolute atomic E-state index is 2.54. The lowest BCUT2D eigenvalue weighted by atomic mass is 9.67. The van der Waals surface area contributed by atoms with Crippen molar-refractivity contribution in [2.45, 2.75) is 43.4 Å². The summed E-state index contributed by atoms with van der Waals surface area (Å²) in [5.41, 5.74) is 22.7. The summed E-state index contributed by atoms with van der Waals surface area (Å²) in [6.45, 7) is 0. The molecule has 0 aliphatic heterocycles. The Bertz CT molecular complexity index is 4350. The lowest BCUT2D eigenvalue weighted by molar-refractivity contribution is 0.445. The summed E-state index contributed by atoms with van der Waals surface area (Å²) in [7, 11) is 0. The third-order valence-corrected chi connectivity index (χ3v) is 17.5. The number of hydrogen-bond acceptors (Lipinski definition) is 1. The SMILES string of the molecule is c1ccc(-n2c3ccccc3c3cccc(-c4ccc(N(c5ccccc5-c5ccc6c(c5)C(c5ccccc5)(c5ccccc5)c5ccccc5-6)c5ccccc5-c5cccc6cccc(C7CCCCC7)c56)cc4)c32)cc1. The van der Waals surface area contributed by atoms with Gasteiger partial charge in [-0.05, 0) is 134 Å². The van der Waals surface area contributed by atoms with E-state index >= 15 is 0 Å². The average Bonchev–Trinajstić information content (AvgIpc) is 3.90. The number of aromatic nitrogens is 1. The number of nitrogens with zero attached hydrogens (tertiary/aromatic N) is 2. The van der Waals surface area contributed by atoms with Crippen molar-refractivity contribution in [3.05, 3.63) is 313 Å². The largest absolute Gasteiger partial charge is 0.309 e. The van der Waals surface area contributed by atoms with Gasteiger partial charge in [0.1, 0.15) is 0 Å². The molecule has 1 aromatic heterocycles. The van der Waals surface area contributed by atoms with Gasteiger partial charge in [0.25, 0.3) is 0 Å². The van der Waals surface area contributed by atoms with Gasteiger partial charge in [-0.1, -0.05) is 256 Å². The van der Waals surface area contributed by atoms with Gasteiger partial charge in [0.05, 0.1) is 27.8 Å². The highest BCUT2D eigenvalue weighted by Gasteiger charge is 2.46. The van der Waals surface area contributed by atoms with Gasteiger partial charge in [-0.3, -0.25) is 0 Å². The minimum absolute atomic E-state index is 0.527. The van der Waals surface area contributed by atoms with Gasteiger partial charge >= 0.3 is 0 Å². The number of hydrogen-bond donors (Lipinski definition) is 0. The molecule has 2 aliphatic rings. The Labute approximate surface area is 463 Å². The van der Waals surface area contributed by atoms with Crippen molar-refractivity contribution in [3.63, 3.8) is 0 Å². The van der Waals surface area contributed by atoms with Crippen LogP contribution >= 0.6 is 0 Å². The molecule has 2 aliphatic carbocycles. The second-order valence-electron chi connectivity index (χ2n) is 21.7. The van der Waals surface area contributed by atoms with Crippen molar-refractivity contribution in [2.75, 3.05) is 4.90 Å². The molecule has 15 rings (SSSR count). The first-order chi connectivity index (χ1) is 39.2. The second kappa shape index (κ2) is 19.5. The van der Waals surface area contributed by atoms with Crippen LogP contribution in [0.25, 0.3) is 82.8 Å². The van der Waals surface area contributed by atoms with Crippen molar-refractivity contribution in [2.24, 2.45) is 0 Å². The van der Waals surface area contributed by atoms with Gasteiger partial charge in [-0.15, -0.1) is 0 Å². The van der Waals surface area contributed by atoms with E-state index in [1.54, 1.807) is 0 Å². The van der Waals surface area contributed by atoms with Gasteiger partial charge in [0.15, 0.2) is 0 Å². The van der Waals surface area contributed by atoms with E-state index in [9.17, 15) is 0 Å². The highest BCUT2D eigenvalue weighted by atomic mass is 15.1. The number of para-hydroxylation sites is 5. The van der Waals surface area contributed by atoms with Crippen molar-refractivity contribution >= 4 is 49.6 Å². The van der Waals surface area contributed by atoms with Crippen LogP contribution in [0, 0.1) is 0 Å². The van der Waals surface area contributed by atoms with E-state index in [0.717, 1.165) is 28.3 Å². The lowest BCUT2D eigenvalue weighted by Crippen LogP contribution is -2.28. The van der Waals surface area contributed by atoms with Crippen molar-refractivity contribution in [3.8, 4) is 50.2 Å². The number of benzene rings is 12. The first-order valence-electron chi connectivity index (χ1n) is 28.3. The summed E-state index contributed by atoms with van der Waals surface area (Å²) in [5.74, 6) is 0.546. The quantitative estimate of drug-likeness (QED) is 0.133. The minimum Gasteiger partial charge on any atom is -0.309 e. The zero-order valence-electron chi connectivity index (χ0n) is 44.1. The Kier molecular flexibility index (Phi) is 11.5. The number of anilines is 3. The highest BCUT2D eigenvalue weighted by Crippen LogP contribution is 2.57. The molecule has 0 N–H and O–H groups in total. The molecule has 2 nitrogen and oxygen atoms in total. The molecule has 1 fully saturated rings. The molecule has 79 heavy (non-hydrogen) atoms. The third-order valence-electron chi connectivity index (χ3n) is 17.5. The van der Waals surface area contributed by atoms with E-state index < -0.39 is 5.41 Å². The van der Waals surface area contributed by atoms with E-state index in [1.165, 1.54) is 131 Å². The second-order valence-corrected chi connectivity index (χ2v) is 21.7. The summed E-state index contributed by atoms with van der Waals surface area (Å²) in [5, 5.41) is 5.17. The number of rotatable bonds is 10.